The standard InChI is InChI=1S/C16H17NO2/c1-3-11-6-7-15-13(8-11)14(16(18)19-2)10-17(15)9-12-4-5-12/h3,6-8,10,12H,1,4-5,9H2,2H3. The molecule has 0 atom stereocenters. The number of esters is 1. The van der Waals surface area contributed by atoms with Crippen molar-refractivity contribution >= 4 is 22.9 Å². The van der Waals surface area contributed by atoms with Crippen molar-refractivity contribution in [2.75, 3.05) is 7.11 Å². The molecule has 2 aromatic rings. The van der Waals surface area contributed by atoms with Crippen LogP contribution in [-0.2, 0) is 11.3 Å². The van der Waals surface area contributed by atoms with Gasteiger partial charge in [-0.3, -0.25) is 0 Å². The third kappa shape index (κ3) is 2.16. The second-order valence-electron chi connectivity index (χ2n) is 5.11. The fourth-order valence-corrected chi connectivity index (χ4v) is 2.44. The van der Waals surface area contributed by atoms with Gasteiger partial charge in [0.15, 0.2) is 0 Å². The Labute approximate surface area is 112 Å². The Morgan fingerprint density at radius 3 is 2.95 bits per heavy atom. The number of carbonyl (C=O) groups excluding carboxylic acids is 1. The van der Waals surface area contributed by atoms with E-state index in [1.165, 1.54) is 20.0 Å². The van der Waals surface area contributed by atoms with Crippen LogP contribution >= 0.6 is 0 Å². The first-order chi connectivity index (χ1) is 9.22. The van der Waals surface area contributed by atoms with Gasteiger partial charge in [0.05, 0.1) is 12.7 Å². The summed E-state index contributed by atoms with van der Waals surface area (Å²) in [6.45, 7) is 4.76. The van der Waals surface area contributed by atoms with E-state index in [0.717, 1.165) is 28.9 Å². The monoisotopic (exact) mass is 255 g/mol. The van der Waals surface area contributed by atoms with Crippen LogP contribution in [0, 0.1) is 5.92 Å². The van der Waals surface area contributed by atoms with Crippen LogP contribution < -0.4 is 0 Å². The lowest BCUT2D eigenvalue weighted by Gasteiger charge is -2.03. The van der Waals surface area contributed by atoms with Crippen molar-refractivity contribution in [3.05, 3.63) is 42.1 Å². The van der Waals surface area contributed by atoms with Gasteiger partial charge in [0, 0.05) is 23.6 Å². The topological polar surface area (TPSA) is 31.2 Å². The number of methoxy groups -OCH3 is 1. The van der Waals surface area contributed by atoms with Gasteiger partial charge in [0.25, 0.3) is 0 Å². The molecular formula is C16H17NO2. The largest absolute Gasteiger partial charge is 0.465 e. The quantitative estimate of drug-likeness (QED) is 0.783. The van der Waals surface area contributed by atoms with Gasteiger partial charge in [-0.2, -0.15) is 0 Å². The predicted octanol–water partition coefficient (Wildman–Crippen LogP) is 3.48. The van der Waals surface area contributed by atoms with Gasteiger partial charge in [-0.05, 0) is 36.5 Å². The van der Waals surface area contributed by atoms with Crippen molar-refractivity contribution in [1.82, 2.24) is 4.57 Å². The number of hydrogen-bond acceptors (Lipinski definition) is 2. The first-order valence-corrected chi connectivity index (χ1v) is 6.56. The van der Waals surface area contributed by atoms with E-state index >= 15 is 0 Å². The zero-order valence-corrected chi connectivity index (χ0v) is 11.1. The van der Waals surface area contributed by atoms with Crippen molar-refractivity contribution in [1.29, 1.82) is 0 Å². The smallest absolute Gasteiger partial charge is 0.340 e. The molecule has 0 spiro atoms. The van der Waals surface area contributed by atoms with Crippen molar-refractivity contribution in [3.63, 3.8) is 0 Å². The van der Waals surface area contributed by atoms with E-state index in [0.29, 0.717) is 5.56 Å². The summed E-state index contributed by atoms with van der Waals surface area (Å²) in [5.74, 6) is 0.487. The zero-order valence-electron chi connectivity index (χ0n) is 11.1. The lowest BCUT2D eigenvalue weighted by molar-refractivity contribution is 0.0602. The fourth-order valence-electron chi connectivity index (χ4n) is 2.44. The number of carbonyl (C=O) groups is 1. The molecule has 0 bridgehead atoms. The molecule has 3 heteroatoms. The molecule has 0 amide bonds. The maximum absolute atomic E-state index is 11.9. The molecule has 1 aromatic carbocycles. The van der Waals surface area contributed by atoms with Crippen molar-refractivity contribution in [3.8, 4) is 0 Å². The van der Waals surface area contributed by atoms with Crippen molar-refractivity contribution in [2.45, 2.75) is 19.4 Å². The fraction of sp³-hybridized carbons (Fsp3) is 0.312. The lowest BCUT2D eigenvalue weighted by Crippen LogP contribution is -2.01. The summed E-state index contributed by atoms with van der Waals surface area (Å²) in [4.78, 5) is 11.9. The maximum atomic E-state index is 11.9. The molecule has 0 aliphatic heterocycles. The highest BCUT2D eigenvalue weighted by Crippen LogP contribution is 2.33. The molecule has 0 saturated heterocycles. The Hall–Kier alpha value is -2.03. The van der Waals surface area contributed by atoms with Gasteiger partial charge in [0.1, 0.15) is 0 Å². The van der Waals surface area contributed by atoms with E-state index in [-0.39, 0.29) is 5.97 Å². The van der Waals surface area contributed by atoms with Gasteiger partial charge in [-0.15, -0.1) is 0 Å². The molecule has 3 nitrogen and oxygen atoms in total. The Morgan fingerprint density at radius 2 is 2.32 bits per heavy atom. The highest BCUT2D eigenvalue weighted by atomic mass is 16.5. The number of ether oxygens (including phenoxy) is 1. The maximum Gasteiger partial charge on any atom is 0.340 e. The summed E-state index contributed by atoms with van der Waals surface area (Å²) in [5, 5.41) is 0.949. The highest BCUT2D eigenvalue weighted by molar-refractivity contribution is 6.04. The second kappa shape index (κ2) is 4.57. The van der Waals surface area contributed by atoms with Gasteiger partial charge >= 0.3 is 5.97 Å². The molecule has 0 N–H and O–H groups in total. The van der Waals surface area contributed by atoms with Gasteiger partial charge in [0.2, 0.25) is 0 Å². The van der Waals surface area contributed by atoms with Crippen LogP contribution in [-0.4, -0.2) is 17.6 Å². The molecule has 0 unspecified atom stereocenters. The summed E-state index contributed by atoms with van der Waals surface area (Å²) in [6.07, 6.45) is 6.29. The van der Waals surface area contributed by atoms with Gasteiger partial charge in [-0.25, -0.2) is 4.79 Å². The normalized spacial score (nSPS) is 14.6. The number of benzene rings is 1. The van der Waals surface area contributed by atoms with Crippen LogP contribution in [0.4, 0.5) is 0 Å². The van der Waals surface area contributed by atoms with Gasteiger partial charge in [-0.1, -0.05) is 18.7 Å². The Balaban J connectivity index is 2.15. The minimum Gasteiger partial charge on any atom is -0.465 e. The SMILES string of the molecule is C=Cc1ccc2c(c1)c(C(=O)OC)cn2CC1CC1. The third-order valence-electron chi connectivity index (χ3n) is 3.70. The van der Waals surface area contributed by atoms with Crippen LogP contribution in [0.25, 0.3) is 17.0 Å². The minimum absolute atomic E-state index is 0.277. The average Bonchev–Trinajstić information content (AvgIpc) is 3.19. The van der Waals surface area contributed by atoms with E-state index in [2.05, 4.69) is 17.2 Å². The molecule has 98 valence electrons. The molecule has 1 aliphatic carbocycles. The Morgan fingerprint density at radius 1 is 1.53 bits per heavy atom. The van der Waals surface area contributed by atoms with Crippen LogP contribution in [0.5, 0.6) is 0 Å². The third-order valence-corrected chi connectivity index (χ3v) is 3.70. The number of rotatable bonds is 4. The summed E-state index contributed by atoms with van der Waals surface area (Å²) in [5.41, 5.74) is 2.75. The van der Waals surface area contributed by atoms with Crippen LogP contribution in [0.2, 0.25) is 0 Å². The molecule has 1 saturated carbocycles. The first-order valence-electron chi connectivity index (χ1n) is 6.56. The van der Waals surface area contributed by atoms with E-state index in [4.69, 9.17) is 4.74 Å². The molecule has 1 aliphatic rings. The highest BCUT2D eigenvalue weighted by Gasteiger charge is 2.24. The van der Waals surface area contributed by atoms with Gasteiger partial charge < -0.3 is 9.30 Å². The molecular weight excluding hydrogens is 238 g/mol. The summed E-state index contributed by atoms with van der Waals surface area (Å²) >= 11 is 0. The first kappa shape index (κ1) is 12.0. The Bertz CT molecular complexity index is 650. The number of aromatic nitrogens is 1. The molecule has 1 aromatic heterocycles. The average molecular weight is 255 g/mol. The molecule has 0 radical (unpaired) electrons. The van der Waals surface area contributed by atoms with Crippen LogP contribution in [0.15, 0.2) is 31.0 Å². The molecule has 1 fully saturated rings. The van der Waals surface area contributed by atoms with E-state index < -0.39 is 0 Å². The summed E-state index contributed by atoms with van der Waals surface area (Å²) in [7, 11) is 1.42. The lowest BCUT2D eigenvalue weighted by atomic mass is 10.1. The predicted molar refractivity (Wildman–Crippen MR) is 76.1 cm³/mol. The van der Waals surface area contributed by atoms with Crippen molar-refractivity contribution in [2.24, 2.45) is 5.92 Å². The van der Waals surface area contributed by atoms with Crippen molar-refractivity contribution < 1.29 is 9.53 Å². The number of hydrogen-bond donors (Lipinski definition) is 0. The molecule has 19 heavy (non-hydrogen) atoms. The molecule has 1 heterocycles. The van der Waals surface area contributed by atoms with E-state index in [1.54, 1.807) is 6.08 Å². The Kier molecular flexibility index (Phi) is 2.90. The van der Waals surface area contributed by atoms with E-state index in [1.807, 2.05) is 18.3 Å². The second-order valence-corrected chi connectivity index (χ2v) is 5.11. The summed E-state index contributed by atoms with van der Waals surface area (Å²) in [6, 6.07) is 6.08. The molecule has 3 rings (SSSR count). The summed E-state index contributed by atoms with van der Waals surface area (Å²) < 4.78 is 7.05. The number of nitrogens with zero attached hydrogens (tertiary/aromatic N) is 1. The van der Waals surface area contributed by atoms with Crippen LogP contribution in [0.3, 0.4) is 0 Å². The zero-order chi connectivity index (χ0) is 13.4. The van der Waals surface area contributed by atoms with Crippen LogP contribution in [0.1, 0.15) is 28.8 Å². The number of fused-ring (bicyclic) bond motifs is 1. The van der Waals surface area contributed by atoms with E-state index in [9.17, 15) is 4.79 Å². The minimum atomic E-state index is -0.277.